The Kier molecular flexibility index (Phi) is 7.82. The highest BCUT2D eigenvalue weighted by Gasteiger charge is 2.19. The number of nitrogens with zero attached hydrogens (tertiary/aromatic N) is 2. The lowest BCUT2D eigenvalue weighted by molar-refractivity contribution is 0.628. The number of aromatic nitrogens is 2. The standard InChI is InChI=1S/C54H34N2O/c1-3-14-39(15-4-1)52-45-21-11-10-20-44(45)51(46-32-31-37-13-7-9-19-43(37)53(46)52)40-29-25-36(26-30-40)35-23-27-38(28-24-35)47-34-48(50-33-42-18-8-12-22-49(42)57-50)56-54(55-47)41-16-5-2-6-17-41/h1-34H. The SMILES string of the molecule is c1ccc(-c2nc(-c3ccc(-c4ccc(-c5c6ccccc6c(-c6ccccc6)c6c5ccc5ccccc56)cc4)cc3)cc(-c3cc4ccccc4o3)n2)cc1. The van der Waals surface area contributed by atoms with Gasteiger partial charge in [0.15, 0.2) is 11.6 Å². The zero-order valence-electron chi connectivity index (χ0n) is 30.9. The normalized spacial score (nSPS) is 11.5. The van der Waals surface area contributed by atoms with Crippen LogP contribution in [0, 0.1) is 0 Å². The molecule has 0 unspecified atom stereocenters. The maximum Gasteiger partial charge on any atom is 0.160 e. The van der Waals surface area contributed by atoms with Crippen molar-refractivity contribution in [2.24, 2.45) is 0 Å². The molecular weight excluding hydrogens is 693 g/mol. The lowest BCUT2D eigenvalue weighted by Crippen LogP contribution is -1.95. The Bertz CT molecular complexity index is 3220. The first-order valence-electron chi connectivity index (χ1n) is 19.3. The molecule has 0 amide bonds. The van der Waals surface area contributed by atoms with Gasteiger partial charge in [-0.2, -0.15) is 0 Å². The molecule has 266 valence electrons. The predicted octanol–water partition coefficient (Wildman–Crippen LogP) is 14.7. The number of furan rings is 1. The van der Waals surface area contributed by atoms with E-state index < -0.39 is 0 Å². The predicted molar refractivity (Wildman–Crippen MR) is 237 cm³/mol. The van der Waals surface area contributed by atoms with Crippen LogP contribution in [0.3, 0.4) is 0 Å². The van der Waals surface area contributed by atoms with Gasteiger partial charge in [-0.1, -0.05) is 188 Å². The highest BCUT2D eigenvalue weighted by atomic mass is 16.3. The van der Waals surface area contributed by atoms with Gasteiger partial charge in [0, 0.05) is 16.5 Å². The van der Waals surface area contributed by atoms with E-state index in [1.165, 1.54) is 54.6 Å². The van der Waals surface area contributed by atoms with Crippen molar-refractivity contribution in [3.63, 3.8) is 0 Å². The molecule has 0 fully saturated rings. The van der Waals surface area contributed by atoms with E-state index in [0.717, 1.165) is 50.4 Å². The number of benzene rings is 9. The fourth-order valence-corrected chi connectivity index (χ4v) is 8.37. The van der Waals surface area contributed by atoms with E-state index in [1.54, 1.807) is 0 Å². The lowest BCUT2D eigenvalue weighted by Gasteiger charge is -2.19. The van der Waals surface area contributed by atoms with Crippen LogP contribution in [0.5, 0.6) is 0 Å². The molecule has 3 heteroatoms. The molecular formula is C54H34N2O. The Morgan fingerprint density at radius 3 is 1.54 bits per heavy atom. The highest BCUT2D eigenvalue weighted by molar-refractivity contribution is 6.27. The molecule has 0 spiro atoms. The third-order valence-corrected chi connectivity index (χ3v) is 11.1. The minimum absolute atomic E-state index is 0.660. The molecule has 0 saturated carbocycles. The fraction of sp³-hybridized carbons (Fsp3) is 0. The van der Waals surface area contributed by atoms with E-state index in [-0.39, 0.29) is 0 Å². The molecule has 11 rings (SSSR count). The Balaban J connectivity index is 0.995. The summed E-state index contributed by atoms with van der Waals surface area (Å²) in [4.78, 5) is 10.0. The molecule has 0 aliphatic heterocycles. The minimum atomic E-state index is 0.660. The number of hydrogen-bond donors (Lipinski definition) is 0. The van der Waals surface area contributed by atoms with Crippen LogP contribution in [0.2, 0.25) is 0 Å². The maximum atomic E-state index is 6.26. The second kappa shape index (κ2) is 13.6. The van der Waals surface area contributed by atoms with Gasteiger partial charge in [-0.15, -0.1) is 0 Å². The van der Waals surface area contributed by atoms with Gasteiger partial charge >= 0.3 is 0 Å². The summed E-state index contributed by atoms with van der Waals surface area (Å²) in [5.41, 5.74) is 11.6. The van der Waals surface area contributed by atoms with Crippen LogP contribution in [0.25, 0.3) is 111 Å². The van der Waals surface area contributed by atoms with Gasteiger partial charge < -0.3 is 4.42 Å². The summed E-state index contributed by atoms with van der Waals surface area (Å²) in [6.45, 7) is 0. The van der Waals surface area contributed by atoms with Gasteiger partial charge in [0.05, 0.1) is 5.69 Å². The van der Waals surface area contributed by atoms with E-state index in [1.807, 2.05) is 54.6 Å². The molecule has 0 aliphatic rings. The van der Waals surface area contributed by atoms with Gasteiger partial charge in [-0.05, 0) is 83.9 Å². The van der Waals surface area contributed by atoms with Crippen LogP contribution in [-0.4, -0.2) is 9.97 Å². The molecule has 2 aromatic heterocycles. The summed E-state index contributed by atoms with van der Waals surface area (Å²) in [7, 11) is 0. The Hall–Kier alpha value is -7.62. The van der Waals surface area contributed by atoms with Gasteiger partial charge in [-0.25, -0.2) is 9.97 Å². The third kappa shape index (κ3) is 5.76. The summed E-state index contributed by atoms with van der Waals surface area (Å²) in [5, 5.41) is 8.60. The molecule has 3 nitrogen and oxygen atoms in total. The Morgan fingerprint density at radius 2 is 0.842 bits per heavy atom. The Labute approximate surface area is 330 Å². The van der Waals surface area contributed by atoms with Crippen molar-refractivity contribution < 1.29 is 4.42 Å². The van der Waals surface area contributed by atoms with Gasteiger partial charge in [0.2, 0.25) is 0 Å². The monoisotopic (exact) mass is 726 g/mol. The number of hydrogen-bond acceptors (Lipinski definition) is 3. The van der Waals surface area contributed by atoms with Gasteiger partial charge in [-0.3, -0.25) is 0 Å². The molecule has 0 aliphatic carbocycles. The molecule has 0 N–H and O–H groups in total. The molecule has 0 atom stereocenters. The van der Waals surface area contributed by atoms with E-state index in [4.69, 9.17) is 14.4 Å². The van der Waals surface area contributed by atoms with E-state index in [0.29, 0.717) is 5.82 Å². The average molecular weight is 727 g/mol. The number of rotatable bonds is 6. The van der Waals surface area contributed by atoms with Crippen LogP contribution in [0.1, 0.15) is 0 Å². The van der Waals surface area contributed by atoms with Crippen molar-refractivity contribution >= 4 is 43.3 Å². The van der Waals surface area contributed by atoms with Crippen LogP contribution in [0.15, 0.2) is 211 Å². The fourth-order valence-electron chi connectivity index (χ4n) is 8.37. The summed E-state index contributed by atoms with van der Waals surface area (Å²) in [5.74, 6) is 1.38. The summed E-state index contributed by atoms with van der Waals surface area (Å²) >= 11 is 0. The van der Waals surface area contributed by atoms with Crippen LogP contribution < -0.4 is 0 Å². The van der Waals surface area contributed by atoms with Crippen LogP contribution >= 0.6 is 0 Å². The quantitative estimate of drug-likeness (QED) is 0.126. The molecule has 2 heterocycles. The summed E-state index contributed by atoms with van der Waals surface area (Å²) in [6, 6.07) is 73.0. The molecule has 0 bridgehead atoms. The second-order valence-corrected chi connectivity index (χ2v) is 14.5. The summed E-state index contributed by atoms with van der Waals surface area (Å²) in [6.07, 6.45) is 0. The smallest absolute Gasteiger partial charge is 0.160 e. The molecule has 9 aromatic carbocycles. The molecule has 57 heavy (non-hydrogen) atoms. The topological polar surface area (TPSA) is 38.9 Å². The highest BCUT2D eigenvalue weighted by Crippen LogP contribution is 2.46. The number of fused-ring (bicyclic) bond motifs is 5. The van der Waals surface area contributed by atoms with Crippen molar-refractivity contribution in [1.82, 2.24) is 9.97 Å². The zero-order valence-corrected chi connectivity index (χ0v) is 30.9. The first kappa shape index (κ1) is 32.8. The molecule has 0 saturated heterocycles. The average Bonchev–Trinajstić information content (AvgIpc) is 3.74. The molecule has 11 aromatic rings. The minimum Gasteiger partial charge on any atom is -0.454 e. The Morgan fingerprint density at radius 1 is 0.316 bits per heavy atom. The second-order valence-electron chi connectivity index (χ2n) is 14.5. The largest absolute Gasteiger partial charge is 0.454 e. The first-order chi connectivity index (χ1) is 28.2. The van der Waals surface area contributed by atoms with Gasteiger partial charge in [0.1, 0.15) is 11.3 Å². The van der Waals surface area contributed by atoms with Crippen molar-refractivity contribution in [2.75, 3.05) is 0 Å². The van der Waals surface area contributed by atoms with Crippen LogP contribution in [0.4, 0.5) is 0 Å². The van der Waals surface area contributed by atoms with E-state index >= 15 is 0 Å². The van der Waals surface area contributed by atoms with Crippen molar-refractivity contribution in [3.05, 3.63) is 206 Å². The van der Waals surface area contributed by atoms with E-state index in [9.17, 15) is 0 Å². The van der Waals surface area contributed by atoms with Gasteiger partial charge in [0.25, 0.3) is 0 Å². The number of para-hydroxylation sites is 1. The lowest BCUT2D eigenvalue weighted by atomic mass is 9.84. The first-order valence-corrected chi connectivity index (χ1v) is 19.3. The maximum absolute atomic E-state index is 6.26. The van der Waals surface area contributed by atoms with E-state index in [2.05, 4.69) is 152 Å². The third-order valence-electron chi connectivity index (χ3n) is 11.1. The summed E-state index contributed by atoms with van der Waals surface area (Å²) < 4.78 is 6.26. The zero-order chi connectivity index (χ0) is 37.7. The van der Waals surface area contributed by atoms with Crippen molar-refractivity contribution in [3.8, 4) is 67.5 Å². The van der Waals surface area contributed by atoms with Crippen molar-refractivity contribution in [2.45, 2.75) is 0 Å². The van der Waals surface area contributed by atoms with Crippen molar-refractivity contribution in [1.29, 1.82) is 0 Å². The molecule has 0 radical (unpaired) electrons. The van der Waals surface area contributed by atoms with Crippen LogP contribution in [-0.2, 0) is 0 Å².